The van der Waals surface area contributed by atoms with E-state index in [1.165, 1.54) is 0 Å². The van der Waals surface area contributed by atoms with E-state index in [2.05, 4.69) is 17.9 Å². The largest absolute Gasteiger partial charge is 0.480 e. The summed E-state index contributed by atoms with van der Waals surface area (Å²) in [6.07, 6.45) is 0.698. The average molecular weight is 281 g/mol. The monoisotopic (exact) mass is 281 g/mol. The van der Waals surface area contributed by atoms with Gasteiger partial charge in [-0.2, -0.15) is 12.6 Å². The molecule has 2 unspecified atom stereocenters. The first-order valence-corrected chi connectivity index (χ1v) is 6.88. The molecule has 5 heteroatoms. The maximum atomic E-state index is 12.1. The van der Waals surface area contributed by atoms with Crippen LogP contribution in [0.1, 0.15) is 24.8 Å². The van der Waals surface area contributed by atoms with Crippen LogP contribution in [0.15, 0.2) is 30.3 Å². The van der Waals surface area contributed by atoms with E-state index in [0.29, 0.717) is 6.42 Å². The van der Waals surface area contributed by atoms with Crippen molar-refractivity contribution in [3.05, 3.63) is 35.9 Å². The van der Waals surface area contributed by atoms with Crippen molar-refractivity contribution in [1.29, 1.82) is 0 Å². The first-order valence-electron chi connectivity index (χ1n) is 6.24. The molecule has 0 bridgehead atoms. The van der Waals surface area contributed by atoms with Gasteiger partial charge in [0.2, 0.25) is 0 Å². The van der Waals surface area contributed by atoms with Crippen molar-refractivity contribution < 1.29 is 14.7 Å². The number of Topliss-reactive ketones (excluding diaryl/α,β-unsaturated/α-hetero) is 1. The summed E-state index contributed by atoms with van der Waals surface area (Å²) in [5.74, 6) is -1.02. The van der Waals surface area contributed by atoms with E-state index in [1.54, 1.807) is 0 Å². The van der Waals surface area contributed by atoms with Gasteiger partial charge in [-0.1, -0.05) is 37.3 Å². The van der Waals surface area contributed by atoms with Crippen molar-refractivity contribution in [2.75, 3.05) is 12.3 Å². The van der Waals surface area contributed by atoms with Gasteiger partial charge in [-0.05, 0) is 12.0 Å². The number of ketones is 1. The van der Waals surface area contributed by atoms with E-state index in [0.717, 1.165) is 5.56 Å². The third kappa shape index (κ3) is 4.69. The van der Waals surface area contributed by atoms with Gasteiger partial charge in [0.1, 0.15) is 6.04 Å². The SMILES string of the molecule is CCC(C(=O)CNC(CS)C(=O)O)c1ccccc1. The molecule has 2 N–H and O–H groups in total. The van der Waals surface area contributed by atoms with Gasteiger partial charge in [-0.25, -0.2) is 0 Å². The fourth-order valence-electron chi connectivity index (χ4n) is 1.91. The number of nitrogens with one attached hydrogen (secondary N) is 1. The molecule has 0 aliphatic heterocycles. The Balaban J connectivity index is 2.63. The minimum Gasteiger partial charge on any atom is -0.480 e. The van der Waals surface area contributed by atoms with Gasteiger partial charge >= 0.3 is 5.97 Å². The summed E-state index contributed by atoms with van der Waals surface area (Å²) in [6.45, 7) is 1.99. The first-order chi connectivity index (χ1) is 9.10. The van der Waals surface area contributed by atoms with Gasteiger partial charge < -0.3 is 5.11 Å². The second-order valence-electron chi connectivity index (χ2n) is 4.29. The summed E-state index contributed by atoms with van der Waals surface area (Å²) in [5, 5.41) is 11.6. The van der Waals surface area contributed by atoms with Crippen LogP contribution in [0.4, 0.5) is 0 Å². The van der Waals surface area contributed by atoms with Crippen LogP contribution < -0.4 is 5.32 Å². The van der Waals surface area contributed by atoms with Crippen molar-refractivity contribution in [2.45, 2.75) is 25.3 Å². The van der Waals surface area contributed by atoms with Crippen LogP contribution in [0.5, 0.6) is 0 Å². The molecule has 0 saturated carbocycles. The minimum absolute atomic E-state index is 0.00160. The minimum atomic E-state index is -0.990. The summed E-state index contributed by atoms with van der Waals surface area (Å²) in [5.41, 5.74) is 0.967. The summed E-state index contributed by atoms with van der Waals surface area (Å²) >= 11 is 3.95. The Bertz CT molecular complexity index is 422. The lowest BCUT2D eigenvalue weighted by Gasteiger charge is -2.16. The lowest BCUT2D eigenvalue weighted by molar-refractivity contribution is -0.138. The van der Waals surface area contributed by atoms with E-state index >= 15 is 0 Å². The van der Waals surface area contributed by atoms with Crippen LogP contribution in [0.25, 0.3) is 0 Å². The van der Waals surface area contributed by atoms with Gasteiger partial charge in [-0.15, -0.1) is 0 Å². The average Bonchev–Trinajstić information content (AvgIpc) is 2.41. The van der Waals surface area contributed by atoms with Crippen molar-refractivity contribution in [2.24, 2.45) is 0 Å². The zero-order valence-corrected chi connectivity index (χ0v) is 11.8. The Hall–Kier alpha value is -1.33. The highest BCUT2D eigenvalue weighted by molar-refractivity contribution is 7.80. The number of carboxylic acid groups (broad SMARTS) is 1. The van der Waals surface area contributed by atoms with Gasteiger partial charge in [0.05, 0.1) is 6.54 Å². The predicted molar refractivity (Wildman–Crippen MR) is 77.8 cm³/mol. The highest BCUT2D eigenvalue weighted by Crippen LogP contribution is 2.19. The molecule has 19 heavy (non-hydrogen) atoms. The van der Waals surface area contributed by atoms with E-state index in [1.807, 2.05) is 37.3 Å². The Labute approximate surface area is 118 Å². The van der Waals surface area contributed by atoms with Crippen LogP contribution in [0.2, 0.25) is 0 Å². The Kier molecular flexibility index (Phi) is 6.59. The van der Waals surface area contributed by atoms with Crippen molar-refractivity contribution in [3.8, 4) is 0 Å². The fraction of sp³-hybridized carbons (Fsp3) is 0.429. The van der Waals surface area contributed by atoms with Gasteiger partial charge in [0.15, 0.2) is 5.78 Å². The summed E-state index contributed by atoms with van der Waals surface area (Å²) in [7, 11) is 0. The second kappa shape index (κ2) is 7.96. The van der Waals surface area contributed by atoms with Crippen LogP contribution in [0, 0.1) is 0 Å². The second-order valence-corrected chi connectivity index (χ2v) is 4.66. The predicted octanol–water partition coefficient (Wildman–Crippen LogP) is 1.72. The van der Waals surface area contributed by atoms with Crippen molar-refractivity contribution in [1.82, 2.24) is 5.32 Å². The Morgan fingerprint density at radius 3 is 2.42 bits per heavy atom. The van der Waals surface area contributed by atoms with Gasteiger partial charge in [0, 0.05) is 11.7 Å². The summed E-state index contributed by atoms with van der Waals surface area (Å²) < 4.78 is 0. The number of hydrogen-bond acceptors (Lipinski definition) is 4. The van der Waals surface area contributed by atoms with E-state index in [-0.39, 0.29) is 24.0 Å². The van der Waals surface area contributed by atoms with Crippen LogP contribution in [-0.4, -0.2) is 35.2 Å². The molecule has 4 nitrogen and oxygen atoms in total. The van der Waals surface area contributed by atoms with Gasteiger partial charge in [0.25, 0.3) is 0 Å². The lowest BCUT2D eigenvalue weighted by Crippen LogP contribution is -2.42. The highest BCUT2D eigenvalue weighted by Gasteiger charge is 2.21. The number of thiol groups is 1. The molecule has 0 aromatic heterocycles. The molecule has 0 spiro atoms. The van der Waals surface area contributed by atoms with Gasteiger partial charge in [-0.3, -0.25) is 14.9 Å². The molecular formula is C14H19NO3S. The zero-order valence-electron chi connectivity index (χ0n) is 10.9. The molecule has 0 radical (unpaired) electrons. The zero-order chi connectivity index (χ0) is 14.3. The van der Waals surface area contributed by atoms with Crippen LogP contribution >= 0.6 is 12.6 Å². The lowest BCUT2D eigenvalue weighted by atomic mass is 9.92. The maximum absolute atomic E-state index is 12.1. The molecule has 0 amide bonds. The normalized spacial score (nSPS) is 13.8. The summed E-state index contributed by atoms with van der Waals surface area (Å²) in [4.78, 5) is 23.0. The third-order valence-electron chi connectivity index (χ3n) is 3.00. The number of carbonyl (C=O) groups is 2. The van der Waals surface area contributed by atoms with E-state index in [9.17, 15) is 9.59 Å². The number of benzene rings is 1. The van der Waals surface area contributed by atoms with Crippen LogP contribution in [0.3, 0.4) is 0 Å². The number of rotatable bonds is 8. The Morgan fingerprint density at radius 2 is 1.95 bits per heavy atom. The standard InChI is InChI=1S/C14H19NO3S/c1-2-11(10-6-4-3-5-7-10)13(16)8-15-12(9-19)14(17)18/h3-7,11-12,15,19H,2,8-9H2,1H3,(H,17,18). The first kappa shape index (κ1) is 15.7. The molecule has 1 aromatic rings. The molecular weight excluding hydrogens is 262 g/mol. The molecule has 0 aliphatic carbocycles. The molecule has 1 aromatic carbocycles. The highest BCUT2D eigenvalue weighted by atomic mass is 32.1. The van der Waals surface area contributed by atoms with Crippen LogP contribution in [-0.2, 0) is 9.59 Å². The molecule has 0 heterocycles. The van der Waals surface area contributed by atoms with E-state index < -0.39 is 12.0 Å². The number of carboxylic acids is 1. The molecule has 1 rings (SSSR count). The maximum Gasteiger partial charge on any atom is 0.321 e. The smallest absolute Gasteiger partial charge is 0.321 e. The summed E-state index contributed by atoms with van der Waals surface area (Å²) in [6, 6.07) is 8.73. The Morgan fingerprint density at radius 1 is 1.32 bits per heavy atom. The third-order valence-corrected chi connectivity index (χ3v) is 3.37. The molecule has 0 saturated heterocycles. The topological polar surface area (TPSA) is 66.4 Å². The quantitative estimate of drug-likeness (QED) is 0.635. The molecule has 0 fully saturated rings. The number of carbonyl (C=O) groups excluding carboxylic acids is 1. The molecule has 0 aliphatic rings. The fourth-order valence-corrected chi connectivity index (χ4v) is 2.20. The molecule has 104 valence electrons. The molecule has 2 atom stereocenters. The van der Waals surface area contributed by atoms with E-state index in [4.69, 9.17) is 5.11 Å². The number of aliphatic carboxylic acids is 1. The number of hydrogen-bond donors (Lipinski definition) is 3. The van der Waals surface area contributed by atoms with Crippen molar-refractivity contribution >= 4 is 24.4 Å². The van der Waals surface area contributed by atoms with Crippen molar-refractivity contribution in [3.63, 3.8) is 0 Å².